The number of aliphatic hydroxyl groups excluding tert-OH is 1. The Bertz CT molecular complexity index is 1880. The number of carbonyl (C=O) groups is 3. The number of ether oxygens (including phenoxy) is 2. The largest absolute Gasteiger partial charge is 0.474 e. The van der Waals surface area contributed by atoms with Gasteiger partial charge in [0.05, 0.1) is 28.4 Å². The lowest BCUT2D eigenvalue weighted by atomic mass is 9.89. The maximum atomic E-state index is 14.1. The second-order valence-corrected chi connectivity index (χ2v) is 15.8. The molecular formula is C38H47N7O6S. The minimum absolute atomic E-state index is 0.0224. The summed E-state index contributed by atoms with van der Waals surface area (Å²) in [6, 6.07) is 10.1. The van der Waals surface area contributed by atoms with Gasteiger partial charge in [0.2, 0.25) is 17.7 Å². The number of amides is 3. The number of hydrogen-bond acceptors (Lipinski definition) is 10. The maximum absolute atomic E-state index is 14.1. The van der Waals surface area contributed by atoms with Crippen molar-refractivity contribution in [1.82, 2.24) is 35.3 Å². The maximum Gasteiger partial charge on any atom is 0.407 e. The number of thiazole rings is 1. The Balaban J connectivity index is 1.07. The monoisotopic (exact) mass is 729 g/mol. The number of nitrogens with zero attached hydrogens (tertiary/aromatic N) is 5. The van der Waals surface area contributed by atoms with Crippen molar-refractivity contribution in [3.8, 4) is 27.4 Å². The number of alkyl carbamates (subject to hydrolysis) is 1. The molecule has 3 amide bonds. The van der Waals surface area contributed by atoms with Crippen molar-refractivity contribution in [3.05, 3.63) is 71.8 Å². The van der Waals surface area contributed by atoms with E-state index in [9.17, 15) is 19.5 Å². The van der Waals surface area contributed by atoms with E-state index in [1.54, 1.807) is 28.4 Å². The fourth-order valence-corrected chi connectivity index (χ4v) is 7.37. The van der Waals surface area contributed by atoms with Crippen molar-refractivity contribution in [2.45, 2.75) is 103 Å². The third-order valence-electron chi connectivity index (χ3n) is 9.24. The molecule has 1 aliphatic heterocycles. The molecule has 2 fully saturated rings. The highest BCUT2D eigenvalue weighted by Gasteiger charge is 2.42. The Morgan fingerprint density at radius 2 is 1.79 bits per heavy atom. The number of pyridine rings is 1. The molecule has 4 aromatic rings. The summed E-state index contributed by atoms with van der Waals surface area (Å²) in [6.07, 6.45) is 5.28. The topological polar surface area (TPSA) is 161 Å². The van der Waals surface area contributed by atoms with Gasteiger partial charge in [-0.25, -0.2) is 14.8 Å². The molecule has 1 aromatic carbocycles. The normalized spacial score (nSPS) is 20.7. The van der Waals surface area contributed by atoms with Crippen LogP contribution in [0.5, 0.6) is 5.88 Å². The molecule has 0 radical (unpaired) electrons. The van der Waals surface area contributed by atoms with Crippen molar-refractivity contribution < 1.29 is 29.0 Å². The molecule has 3 aromatic heterocycles. The minimum Gasteiger partial charge on any atom is -0.474 e. The highest BCUT2D eigenvalue weighted by Crippen LogP contribution is 2.31. The van der Waals surface area contributed by atoms with Gasteiger partial charge in [-0.1, -0.05) is 38.1 Å². The highest BCUT2D eigenvalue weighted by molar-refractivity contribution is 7.13. The average molecular weight is 730 g/mol. The van der Waals surface area contributed by atoms with Gasteiger partial charge in [0.1, 0.15) is 23.8 Å². The Morgan fingerprint density at radius 3 is 2.46 bits per heavy atom. The van der Waals surface area contributed by atoms with Crippen molar-refractivity contribution in [3.63, 3.8) is 0 Å². The fourth-order valence-electron chi connectivity index (χ4n) is 6.56. The second-order valence-electron chi connectivity index (χ2n) is 14.9. The molecule has 1 unspecified atom stereocenters. The number of aromatic nitrogens is 4. The van der Waals surface area contributed by atoms with Crippen LogP contribution in [0.1, 0.15) is 71.2 Å². The molecule has 6 rings (SSSR count). The first kappa shape index (κ1) is 37.0. The number of aryl methyl sites for hydroxylation is 1. The summed E-state index contributed by atoms with van der Waals surface area (Å²) in [6.45, 7) is 11.7. The fraction of sp³-hybridized carbons (Fsp3) is 0.474. The van der Waals surface area contributed by atoms with Gasteiger partial charge in [-0.2, -0.15) is 5.10 Å². The van der Waals surface area contributed by atoms with Gasteiger partial charge in [-0.3, -0.25) is 14.3 Å². The first-order valence-corrected chi connectivity index (χ1v) is 18.5. The molecule has 0 bridgehead atoms. The van der Waals surface area contributed by atoms with Crippen LogP contribution in [0.4, 0.5) is 4.79 Å². The Kier molecular flexibility index (Phi) is 11.0. The van der Waals surface area contributed by atoms with Crippen molar-refractivity contribution in [1.29, 1.82) is 0 Å². The van der Waals surface area contributed by atoms with Gasteiger partial charge in [-0.05, 0) is 56.4 Å². The third kappa shape index (κ3) is 8.79. The molecule has 2 aliphatic rings. The van der Waals surface area contributed by atoms with Gasteiger partial charge in [0.15, 0.2) is 0 Å². The van der Waals surface area contributed by atoms with Crippen LogP contribution in [0.3, 0.4) is 0 Å². The van der Waals surface area contributed by atoms with Crippen LogP contribution >= 0.6 is 11.3 Å². The zero-order chi connectivity index (χ0) is 37.2. The molecule has 1 saturated carbocycles. The third-order valence-corrected chi connectivity index (χ3v) is 10.2. The van der Waals surface area contributed by atoms with Crippen LogP contribution in [0.2, 0.25) is 0 Å². The number of likely N-dealkylation sites (tertiary alicyclic amines) is 1. The van der Waals surface area contributed by atoms with Crippen molar-refractivity contribution >= 4 is 29.2 Å². The Labute approximate surface area is 307 Å². The van der Waals surface area contributed by atoms with E-state index in [-0.39, 0.29) is 42.8 Å². The second kappa shape index (κ2) is 15.4. The van der Waals surface area contributed by atoms with E-state index in [0.717, 1.165) is 32.8 Å². The van der Waals surface area contributed by atoms with E-state index in [4.69, 9.17) is 9.47 Å². The highest BCUT2D eigenvalue weighted by atomic mass is 32.1. The van der Waals surface area contributed by atoms with Crippen molar-refractivity contribution in [2.75, 3.05) is 6.54 Å². The number of hydrogen-bond donors (Lipinski definition) is 3. The van der Waals surface area contributed by atoms with E-state index in [2.05, 4.69) is 25.7 Å². The molecular weight excluding hydrogens is 683 g/mol. The summed E-state index contributed by atoms with van der Waals surface area (Å²) >= 11 is 1.59. The zero-order valence-corrected chi connectivity index (χ0v) is 31.2. The lowest BCUT2D eigenvalue weighted by Gasteiger charge is -2.35. The van der Waals surface area contributed by atoms with E-state index >= 15 is 0 Å². The lowest BCUT2D eigenvalue weighted by molar-refractivity contribution is -0.142. The predicted molar refractivity (Wildman–Crippen MR) is 196 cm³/mol. The lowest BCUT2D eigenvalue weighted by Crippen LogP contribution is -2.50. The molecule has 276 valence electrons. The molecule has 1 aliphatic carbocycles. The van der Waals surface area contributed by atoms with E-state index in [1.807, 2.05) is 89.6 Å². The predicted octanol–water partition coefficient (Wildman–Crippen LogP) is 5.29. The van der Waals surface area contributed by atoms with Gasteiger partial charge < -0.3 is 30.1 Å². The first-order valence-electron chi connectivity index (χ1n) is 17.7. The molecule has 3 N–H and O–H groups in total. The van der Waals surface area contributed by atoms with Crippen LogP contribution in [0.25, 0.3) is 21.6 Å². The SMILES string of the molecule is Cc1ncsc1-c1ccc(CNC(=O)[C@@H]2C[C@@H](O)CN2C(=O)C(C(C)C)n2cc(-c3ccnc(O[C@H]4C[C@@H](NC(=O)OC(C)(C)C)C4)c3)cn2)cc1. The summed E-state index contributed by atoms with van der Waals surface area (Å²) < 4.78 is 13.1. The quantitative estimate of drug-likeness (QED) is 0.187. The Hall–Kier alpha value is -4.82. The summed E-state index contributed by atoms with van der Waals surface area (Å²) in [5, 5.41) is 21.0. The van der Waals surface area contributed by atoms with Crippen LogP contribution in [-0.4, -0.2) is 84.1 Å². The standard InChI is InChI=1S/C38H47N7O6S/c1-22(2)33(36(48)44-20-29(46)16-31(44)35(47)40-17-24-7-9-25(10-8-24)34-23(3)41-21-52-34)45-19-27(18-42-45)26-11-12-39-32(13-26)50-30-14-28(15-30)43-37(49)51-38(4,5)6/h7-13,18-19,21-22,28-31,33,46H,14-17,20H2,1-6H3,(H,40,47)(H,43,49)/t28-,29-,30+,31+,33?/m1/s1. The van der Waals surface area contributed by atoms with E-state index in [0.29, 0.717) is 25.3 Å². The number of carbonyl (C=O) groups excluding carboxylic acids is 3. The number of β-amino-alcohol motifs (C(OH)–C–C–N with tert-alkyl or cyclic N) is 1. The smallest absolute Gasteiger partial charge is 0.407 e. The number of benzene rings is 1. The van der Waals surface area contributed by atoms with E-state index < -0.39 is 29.9 Å². The van der Waals surface area contributed by atoms with Gasteiger partial charge in [0, 0.05) is 62.4 Å². The number of aliphatic hydroxyl groups is 1. The van der Waals surface area contributed by atoms with Crippen LogP contribution in [0, 0.1) is 12.8 Å². The van der Waals surface area contributed by atoms with Crippen LogP contribution in [-0.2, 0) is 20.9 Å². The van der Waals surface area contributed by atoms with Crippen LogP contribution < -0.4 is 15.4 Å². The van der Waals surface area contributed by atoms with Gasteiger partial charge in [0.25, 0.3) is 0 Å². The van der Waals surface area contributed by atoms with Gasteiger partial charge >= 0.3 is 6.09 Å². The molecule has 13 nitrogen and oxygen atoms in total. The zero-order valence-electron chi connectivity index (χ0n) is 30.4. The number of rotatable bonds is 11. The average Bonchev–Trinajstić information content (AvgIpc) is 3.82. The first-order chi connectivity index (χ1) is 24.7. The molecule has 52 heavy (non-hydrogen) atoms. The summed E-state index contributed by atoms with van der Waals surface area (Å²) in [5.74, 6) is -0.282. The minimum atomic E-state index is -0.808. The molecule has 4 heterocycles. The summed E-state index contributed by atoms with van der Waals surface area (Å²) in [4.78, 5) is 50.9. The Morgan fingerprint density at radius 1 is 1.04 bits per heavy atom. The molecule has 0 spiro atoms. The van der Waals surface area contributed by atoms with Gasteiger partial charge in [-0.15, -0.1) is 11.3 Å². The van der Waals surface area contributed by atoms with Crippen LogP contribution in [0.15, 0.2) is 60.5 Å². The number of nitrogens with one attached hydrogen (secondary N) is 2. The van der Waals surface area contributed by atoms with Crippen molar-refractivity contribution in [2.24, 2.45) is 5.92 Å². The summed E-state index contributed by atoms with van der Waals surface area (Å²) in [5.41, 5.74) is 5.84. The molecule has 3 atom stereocenters. The van der Waals surface area contributed by atoms with E-state index in [1.165, 1.54) is 4.90 Å². The molecule has 14 heteroatoms. The molecule has 1 saturated heterocycles. The summed E-state index contributed by atoms with van der Waals surface area (Å²) in [7, 11) is 0.